The third-order valence-corrected chi connectivity index (χ3v) is 5.29. The maximum absolute atomic E-state index is 13.4. The summed E-state index contributed by atoms with van der Waals surface area (Å²) >= 11 is 0. The van der Waals surface area contributed by atoms with Crippen LogP contribution in [0.25, 0.3) is 17.0 Å². The number of halogens is 1. The van der Waals surface area contributed by atoms with Crippen LogP contribution in [-0.2, 0) is 27.3 Å². The molecule has 0 spiro atoms. The van der Waals surface area contributed by atoms with Crippen molar-refractivity contribution in [2.75, 3.05) is 6.61 Å². The van der Waals surface area contributed by atoms with Crippen molar-refractivity contribution >= 4 is 23.5 Å². The van der Waals surface area contributed by atoms with E-state index in [4.69, 9.17) is 9.84 Å². The van der Waals surface area contributed by atoms with E-state index < -0.39 is 35.0 Å². The van der Waals surface area contributed by atoms with Crippen LogP contribution in [0, 0.1) is 5.82 Å². The molecule has 3 rings (SSSR count). The Hall–Kier alpha value is -4.60. The molecule has 0 atom stereocenters. The smallest absolute Gasteiger partial charge is 0.376 e. The normalized spacial score (nSPS) is 11.2. The Balaban J connectivity index is 2.06. The van der Waals surface area contributed by atoms with Crippen molar-refractivity contribution in [1.29, 1.82) is 0 Å². The Morgan fingerprint density at radius 1 is 1.03 bits per heavy atom. The lowest BCUT2D eigenvalue weighted by molar-refractivity contribution is -0.146. The third kappa shape index (κ3) is 5.72. The molecule has 1 heterocycles. The van der Waals surface area contributed by atoms with Gasteiger partial charge < -0.3 is 14.9 Å². The maximum Gasteiger partial charge on any atom is 0.376 e. The molecule has 9 nitrogen and oxygen atoms in total. The number of carboxylic acid groups (broad SMARTS) is 1. The summed E-state index contributed by atoms with van der Waals surface area (Å²) in [4.78, 5) is 52.0. The van der Waals surface area contributed by atoms with Crippen molar-refractivity contribution in [3.63, 3.8) is 0 Å². The number of aromatic nitrogens is 2. The van der Waals surface area contributed by atoms with Gasteiger partial charge in [0.05, 0.1) is 18.8 Å². The topological polar surface area (TPSA) is 136 Å². The van der Waals surface area contributed by atoms with Gasteiger partial charge in [-0.05, 0) is 43.2 Å². The van der Waals surface area contributed by atoms with E-state index in [0.717, 1.165) is 0 Å². The lowest BCUT2D eigenvalue weighted by atomic mass is 10.0. The molecule has 2 N–H and O–H groups in total. The largest absolute Gasteiger partial charge is 0.507 e. The van der Waals surface area contributed by atoms with Crippen molar-refractivity contribution in [2.24, 2.45) is 0 Å². The van der Waals surface area contributed by atoms with Gasteiger partial charge in [-0.1, -0.05) is 31.2 Å². The minimum absolute atomic E-state index is 0.0317. The SMILES string of the molecule is CCOC(=O)c1c(-c2ccc(F)cc2)nc(=O)n(Cc2ccc(C(O)=CC(=O)C(=O)O)cc2)c1CC. The fourth-order valence-corrected chi connectivity index (χ4v) is 3.60. The average Bonchev–Trinajstić information content (AvgIpc) is 2.85. The standard InChI is InChI=1S/C26H23FN2O7/c1-3-19-22(25(34)36-4-2)23(17-9-11-18(27)12-10-17)28-26(35)29(19)14-15-5-7-16(8-6-15)20(30)13-21(31)24(32)33/h5-13,30H,3-4,14H2,1-2H3,(H,32,33). The molecule has 10 heteroatoms. The van der Waals surface area contributed by atoms with E-state index >= 15 is 0 Å². The molecule has 0 aliphatic carbocycles. The Morgan fingerprint density at radius 2 is 1.67 bits per heavy atom. The zero-order chi connectivity index (χ0) is 26.4. The van der Waals surface area contributed by atoms with E-state index in [2.05, 4.69) is 4.98 Å². The molecule has 2 aromatic carbocycles. The number of ketones is 1. The van der Waals surface area contributed by atoms with Crippen molar-refractivity contribution < 1.29 is 33.7 Å². The number of carbonyl (C=O) groups excluding carboxylic acids is 2. The quantitative estimate of drug-likeness (QED) is 0.200. The molecule has 0 saturated carbocycles. The minimum Gasteiger partial charge on any atom is -0.507 e. The number of aliphatic hydroxyl groups excluding tert-OH is 1. The Morgan fingerprint density at radius 3 is 2.22 bits per heavy atom. The summed E-state index contributed by atoms with van der Waals surface area (Å²) in [5.74, 6) is -4.62. The molecule has 0 fully saturated rings. The summed E-state index contributed by atoms with van der Waals surface area (Å²) in [7, 11) is 0. The zero-order valence-electron chi connectivity index (χ0n) is 19.5. The van der Waals surface area contributed by atoms with Crippen LogP contribution < -0.4 is 5.69 Å². The molecular weight excluding hydrogens is 471 g/mol. The van der Waals surface area contributed by atoms with Gasteiger partial charge in [-0.15, -0.1) is 0 Å². The first kappa shape index (κ1) is 26.0. The first-order valence-corrected chi connectivity index (χ1v) is 11.0. The van der Waals surface area contributed by atoms with Gasteiger partial charge in [0.2, 0.25) is 0 Å². The van der Waals surface area contributed by atoms with Gasteiger partial charge in [-0.25, -0.2) is 18.8 Å². The fraction of sp³-hybridized carbons (Fsp3) is 0.192. The number of carbonyl (C=O) groups is 3. The van der Waals surface area contributed by atoms with Gasteiger partial charge in [0, 0.05) is 22.9 Å². The molecule has 0 aliphatic heterocycles. The van der Waals surface area contributed by atoms with Crippen LogP contribution in [0.2, 0.25) is 0 Å². The molecule has 3 aromatic rings. The van der Waals surface area contributed by atoms with Gasteiger partial charge in [-0.3, -0.25) is 9.36 Å². The Bertz CT molecular complexity index is 1390. The van der Waals surface area contributed by atoms with E-state index in [1.807, 2.05) is 0 Å². The summed E-state index contributed by atoms with van der Waals surface area (Å²) in [5.41, 5.74) is 1.16. The van der Waals surface area contributed by atoms with E-state index in [-0.39, 0.29) is 30.0 Å². The van der Waals surface area contributed by atoms with Gasteiger partial charge in [0.1, 0.15) is 17.1 Å². The number of aliphatic carboxylic acids is 1. The summed E-state index contributed by atoms with van der Waals surface area (Å²) in [6.07, 6.45) is 0.889. The number of rotatable bonds is 9. The molecule has 0 unspecified atom stereocenters. The second kappa shape index (κ2) is 11.2. The number of benzene rings is 2. The Kier molecular flexibility index (Phi) is 8.11. The highest BCUT2D eigenvalue weighted by molar-refractivity contribution is 6.38. The summed E-state index contributed by atoms with van der Waals surface area (Å²) < 4.78 is 20.0. The molecule has 0 aliphatic rings. The summed E-state index contributed by atoms with van der Waals surface area (Å²) in [6, 6.07) is 11.3. The van der Waals surface area contributed by atoms with E-state index in [1.165, 1.54) is 41.0 Å². The molecular formula is C26H23FN2O7. The molecule has 0 saturated heterocycles. The maximum atomic E-state index is 13.4. The number of ether oxygens (including phenoxy) is 1. The number of carboxylic acids is 1. The Labute approximate surface area is 205 Å². The fourth-order valence-electron chi connectivity index (χ4n) is 3.60. The number of esters is 1. The number of aliphatic hydroxyl groups is 1. The highest BCUT2D eigenvalue weighted by atomic mass is 19.1. The molecule has 36 heavy (non-hydrogen) atoms. The van der Waals surface area contributed by atoms with Gasteiger partial charge in [0.25, 0.3) is 5.78 Å². The summed E-state index contributed by atoms with van der Waals surface area (Å²) in [6.45, 7) is 3.56. The molecule has 0 amide bonds. The lowest BCUT2D eigenvalue weighted by Crippen LogP contribution is -2.31. The molecule has 1 aromatic heterocycles. The highest BCUT2D eigenvalue weighted by Crippen LogP contribution is 2.25. The van der Waals surface area contributed by atoms with Crippen LogP contribution in [0.3, 0.4) is 0 Å². The monoisotopic (exact) mass is 494 g/mol. The van der Waals surface area contributed by atoms with E-state index in [1.54, 1.807) is 26.0 Å². The van der Waals surface area contributed by atoms with Crippen LogP contribution in [0.4, 0.5) is 4.39 Å². The first-order valence-electron chi connectivity index (χ1n) is 11.0. The van der Waals surface area contributed by atoms with E-state index in [9.17, 15) is 28.7 Å². The predicted molar refractivity (Wildman–Crippen MR) is 128 cm³/mol. The van der Waals surface area contributed by atoms with E-state index in [0.29, 0.717) is 29.3 Å². The van der Waals surface area contributed by atoms with Crippen molar-refractivity contribution in [3.8, 4) is 11.3 Å². The second-order valence-corrected chi connectivity index (χ2v) is 7.63. The van der Waals surface area contributed by atoms with Crippen molar-refractivity contribution in [1.82, 2.24) is 9.55 Å². The number of hydrogen-bond donors (Lipinski definition) is 2. The van der Waals surface area contributed by atoms with Crippen molar-refractivity contribution in [3.05, 3.63) is 93.3 Å². The number of nitrogens with zero attached hydrogens (tertiary/aromatic N) is 2. The third-order valence-electron chi connectivity index (χ3n) is 5.29. The molecule has 0 bridgehead atoms. The first-order chi connectivity index (χ1) is 17.2. The number of hydrogen-bond acceptors (Lipinski definition) is 7. The zero-order valence-corrected chi connectivity index (χ0v) is 19.5. The molecule has 186 valence electrons. The second-order valence-electron chi connectivity index (χ2n) is 7.63. The van der Waals surface area contributed by atoms with Crippen LogP contribution in [0.15, 0.2) is 59.4 Å². The van der Waals surface area contributed by atoms with Gasteiger partial charge in [-0.2, -0.15) is 4.98 Å². The van der Waals surface area contributed by atoms with Crippen LogP contribution in [0.5, 0.6) is 0 Å². The predicted octanol–water partition coefficient (Wildman–Crippen LogP) is 3.39. The lowest BCUT2D eigenvalue weighted by Gasteiger charge is -2.18. The minimum atomic E-state index is -1.70. The van der Waals surface area contributed by atoms with Crippen molar-refractivity contribution in [2.45, 2.75) is 26.8 Å². The van der Waals surface area contributed by atoms with Crippen LogP contribution >= 0.6 is 0 Å². The average molecular weight is 494 g/mol. The highest BCUT2D eigenvalue weighted by Gasteiger charge is 2.24. The van der Waals surface area contributed by atoms with Gasteiger partial charge >= 0.3 is 17.6 Å². The van der Waals surface area contributed by atoms with Crippen LogP contribution in [0.1, 0.15) is 41.0 Å². The summed E-state index contributed by atoms with van der Waals surface area (Å²) in [5, 5.41) is 18.7. The molecule has 0 radical (unpaired) electrons. The van der Waals surface area contributed by atoms with Gasteiger partial charge in [0.15, 0.2) is 0 Å². The van der Waals surface area contributed by atoms with Crippen LogP contribution in [-0.4, -0.2) is 44.1 Å².